The van der Waals surface area contributed by atoms with Crippen molar-refractivity contribution in [1.82, 2.24) is 0 Å². The van der Waals surface area contributed by atoms with Gasteiger partial charge in [-0.2, -0.15) is 0 Å². The van der Waals surface area contributed by atoms with Crippen LogP contribution in [0.5, 0.6) is 0 Å². The van der Waals surface area contributed by atoms with Crippen molar-refractivity contribution in [1.29, 1.82) is 0 Å². The standard InChI is InChI=1S/C53H106NO8P/c1-6-8-10-12-14-16-18-20-22-24-25-26-27-28-29-30-32-33-35-37-39-41-43-45-52(55)59-49-51(50-61-63(57,58)60-48-47-54(3,4)5)62-53(56)46-44-42-40-38-36-34-31-23-21-19-17-15-13-11-9-7-2/h51H,6-50H2,1-5H3. The Bertz CT molecular complexity index is 1040. The molecule has 0 aliphatic carbocycles. The molecule has 0 aromatic rings. The highest BCUT2D eigenvalue weighted by Crippen LogP contribution is 2.38. The van der Waals surface area contributed by atoms with E-state index in [0.717, 1.165) is 32.1 Å². The summed E-state index contributed by atoms with van der Waals surface area (Å²) in [6.45, 7) is 4.30. The van der Waals surface area contributed by atoms with Gasteiger partial charge in [0.05, 0.1) is 27.7 Å². The molecule has 0 amide bonds. The second-order valence-corrected chi connectivity index (χ2v) is 21.4. The fraction of sp³-hybridized carbons (Fsp3) is 0.962. The number of nitrogens with zero attached hydrogens (tertiary/aromatic N) is 1. The minimum Gasteiger partial charge on any atom is -0.756 e. The molecule has 0 aliphatic rings. The van der Waals surface area contributed by atoms with E-state index in [0.29, 0.717) is 17.4 Å². The Morgan fingerprint density at radius 1 is 0.429 bits per heavy atom. The van der Waals surface area contributed by atoms with Crippen LogP contribution in [-0.4, -0.2) is 70.0 Å². The molecule has 0 rings (SSSR count). The molecule has 0 aromatic carbocycles. The van der Waals surface area contributed by atoms with Gasteiger partial charge in [-0.25, -0.2) is 0 Å². The summed E-state index contributed by atoms with van der Waals surface area (Å²) in [5.74, 6) is -0.812. The first-order valence-electron chi connectivity index (χ1n) is 27.2. The van der Waals surface area contributed by atoms with Crippen LogP contribution in [-0.2, 0) is 32.7 Å². The van der Waals surface area contributed by atoms with Gasteiger partial charge in [0.2, 0.25) is 0 Å². The predicted octanol–water partition coefficient (Wildman–Crippen LogP) is 15.7. The summed E-state index contributed by atoms with van der Waals surface area (Å²) in [5, 5.41) is 0. The quantitative estimate of drug-likeness (QED) is 0.0257. The van der Waals surface area contributed by atoms with Crippen LogP contribution in [0.2, 0.25) is 0 Å². The summed E-state index contributed by atoms with van der Waals surface area (Å²) >= 11 is 0. The maximum absolute atomic E-state index is 12.7. The largest absolute Gasteiger partial charge is 0.756 e. The van der Waals surface area contributed by atoms with Crippen LogP contribution in [0.25, 0.3) is 0 Å². The van der Waals surface area contributed by atoms with Gasteiger partial charge in [0, 0.05) is 12.8 Å². The zero-order chi connectivity index (χ0) is 46.4. The zero-order valence-electron chi connectivity index (χ0n) is 42.6. The van der Waals surface area contributed by atoms with Crippen LogP contribution in [0.4, 0.5) is 0 Å². The van der Waals surface area contributed by atoms with Gasteiger partial charge in [-0.05, 0) is 12.8 Å². The van der Waals surface area contributed by atoms with Crippen LogP contribution in [0.3, 0.4) is 0 Å². The normalized spacial score (nSPS) is 13.3. The van der Waals surface area contributed by atoms with Gasteiger partial charge in [-0.3, -0.25) is 14.2 Å². The van der Waals surface area contributed by atoms with Crippen molar-refractivity contribution in [2.75, 3.05) is 47.5 Å². The number of esters is 2. The molecule has 0 N–H and O–H groups in total. The number of hydrogen-bond donors (Lipinski definition) is 0. The number of quaternary nitrogens is 1. The van der Waals surface area contributed by atoms with E-state index in [1.54, 1.807) is 0 Å². The summed E-state index contributed by atoms with van der Waals surface area (Å²) in [6, 6.07) is 0. The van der Waals surface area contributed by atoms with Crippen molar-refractivity contribution in [3.05, 3.63) is 0 Å². The van der Waals surface area contributed by atoms with E-state index >= 15 is 0 Å². The second kappa shape index (κ2) is 46.1. The highest BCUT2D eigenvalue weighted by molar-refractivity contribution is 7.45. The number of ether oxygens (including phenoxy) is 2. The third kappa shape index (κ3) is 50.3. The van der Waals surface area contributed by atoms with Gasteiger partial charge >= 0.3 is 11.9 Å². The van der Waals surface area contributed by atoms with Crippen LogP contribution in [0, 0.1) is 0 Å². The van der Waals surface area contributed by atoms with Crippen molar-refractivity contribution in [2.45, 2.75) is 283 Å². The number of rotatable bonds is 51. The summed E-state index contributed by atoms with van der Waals surface area (Å²) < 4.78 is 34.1. The average molecular weight is 916 g/mol. The van der Waals surface area contributed by atoms with Crippen LogP contribution in [0.15, 0.2) is 0 Å². The lowest BCUT2D eigenvalue weighted by atomic mass is 10.0. The Labute approximate surface area is 391 Å². The molecule has 0 bridgehead atoms. The molecule has 0 saturated heterocycles. The molecule has 0 heterocycles. The lowest BCUT2D eigenvalue weighted by Crippen LogP contribution is -2.37. The van der Waals surface area contributed by atoms with Crippen molar-refractivity contribution >= 4 is 19.8 Å². The van der Waals surface area contributed by atoms with Crippen molar-refractivity contribution < 1.29 is 42.1 Å². The maximum Gasteiger partial charge on any atom is 0.306 e. The molecule has 0 fully saturated rings. The Balaban J connectivity index is 4.12. The minimum atomic E-state index is -4.62. The number of likely N-dealkylation sites (N-methyl/N-ethyl adjacent to an activating group) is 1. The Morgan fingerprint density at radius 2 is 0.714 bits per heavy atom. The van der Waals surface area contributed by atoms with Gasteiger partial charge < -0.3 is 27.9 Å². The number of unbranched alkanes of at least 4 members (excludes halogenated alkanes) is 37. The molecule has 0 radical (unpaired) electrons. The lowest BCUT2D eigenvalue weighted by molar-refractivity contribution is -0.870. The van der Waals surface area contributed by atoms with Crippen molar-refractivity contribution in [3.8, 4) is 0 Å². The molecule has 0 saturated carbocycles. The highest BCUT2D eigenvalue weighted by Gasteiger charge is 2.22. The van der Waals surface area contributed by atoms with E-state index in [2.05, 4.69) is 13.8 Å². The van der Waals surface area contributed by atoms with Crippen LogP contribution >= 0.6 is 7.82 Å². The van der Waals surface area contributed by atoms with E-state index in [1.165, 1.54) is 212 Å². The Kier molecular flexibility index (Phi) is 45.4. The topological polar surface area (TPSA) is 111 Å². The van der Waals surface area contributed by atoms with Crippen LogP contribution in [0.1, 0.15) is 277 Å². The number of hydrogen-bond acceptors (Lipinski definition) is 8. The highest BCUT2D eigenvalue weighted by atomic mass is 31.2. The van der Waals surface area contributed by atoms with Gasteiger partial charge in [-0.1, -0.05) is 251 Å². The molecule has 9 nitrogen and oxygen atoms in total. The van der Waals surface area contributed by atoms with E-state index in [4.69, 9.17) is 18.5 Å². The molecule has 2 unspecified atom stereocenters. The van der Waals surface area contributed by atoms with E-state index in [9.17, 15) is 19.0 Å². The van der Waals surface area contributed by atoms with E-state index in [-0.39, 0.29) is 32.0 Å². The zero-order valence-corrected chi connectivity index (χ0v) is 43.5. The van der Waals surface area contributed by atoms with Crippen molar-refractivity contribution in [3.63, 3.8) is 0 Å². The Morgan fingerprint density at radius 3 is 1.02 bits per heavy atom. The molecule has 63 heavy (non-hydrogen) atoms. The van der Waals surface area contributed by atoms with Gasteiger partial charge in [0.25, 0.3) is 7.82 Å². The van der Waals surface area contributed by atoms with Gasteiger partial charge in [0.1, 0.15) is 19.8 Å². The first kappa shape index (κ1) is 62.0. The molecular weight excluding hydrogens is 810 g/mol. The van der Waals surface area contributed by atoms with Crippen LogP contribution < -0.4 is 4.89 Å². The molecule has 2 atom stereocenters. The molecule has 0 aromatic heterocycles. The Hall–Kier alpha value is -0.990. The fourth-order valence-corrected chi connectivity index (χ4v) is 8.86. The number of phosphoric acid groups is 1. The lowest BCUT2D eigenvalue weighted by Gasteiger charge is -2.28. The summed E-state index contributed by atoms with van der Waals surface area (Å²) in [7, 11) is 1.19. The van der Waals surface area contributed by atoms with Crippen molar-refractivity contribution in [2.24, 2.45) is 0 Å². The monoisotopic (exact) mass is 916 g/mol. The van der Waals surface area contributed by atoms with E-state index in [1.807, 2.05) is 21.1 Å². The van der Waals surface area contributed by atoms with E-state index < -0.39 is 26.5 Å². The summed E-state index contributed by atoms with van der Waals surface area (Å²) in [6.07, 6.45) is 49.9. The first-order valence-corrected chi connectivity index (χ1v) is 28.7. The maximum atomic E-state index is 12.7. The SMILES string of the molecule is CCCCCCCCCCCCCCCCCCCCCCCCCC(=O)OCC(COP(=O)([O-])OCC[N+](C)(C)C)OC(=O)CCCCCCCCCCCCCCCCCC. The second-order valence-electron chi connectivity index (χ2n) is 20.0. The predicted molar refractivity (Wildman–Crippen MR) is 264 cm³/mol. The molecule has 10 heteroatoms. The molecule has 0 aliphatic heterocycles. The average Bonchev–Trinajstić information content (AvgIpc) is 3.24. The molecule has 376 valence electrons. The number of carbonyl (C=O) groups is 2. The molecule has 0 spiro atoms. The summed E-state index contributed by atoms with van der Waals surface area (Å²) in [4.78, 5) is 37.7. The fourth-order valence-electron chi connectivity index (χ4n) is 8.13. The smallest absolute Gasteiger partial charge is 0.306 e. The third-order valence-electron chi connectivity index (χ3n) is 12.4. The third-order valence-corrected chi connectivity index (χ3v) is 13.3. The number of carbonyl (C=O) groups excluding carboxylic acids is 2. The first-order chi connectivity index (χ1) is 30.5. The minimum absolute atomic E-state index is 0.0253. The van der Waals surface area contributed by atoms with Gasteiger partial charge in [0.15, 0.2) is 6.10 Å². The number of phosphoric ester groups is 1. The molecular formula is C53H106NO8P. The summed E-state index contributed by atoms with van der Waals surface area (Å²) in [5.41, 5.74) is 0. The van der Waals surface area contributed by atoms with Gasteiger partial charge in [-0.15, -0.1) is 0 Å².